The van der Waals surface area contributed by atoms with Crippen LogP contribution in [-0.2, 0) is 0 Å². The monoisotopic (exact) mass is 337 g/mol. The van der Waals surface area contributed by atoms with Gasteiger partial charge in [-0.05, 0) is 50.3 Å². The Hall–Kier alpha value is -2.70. The first-order valence-corrected chi connectivity index (χ1v) is 7.11. The van der Waals surface area contributed by atoms with E-state index in [4.69, 9.17) is 4.74 Å². The average molecular weight is 337 g/mol. The van der Waals surface area contributed by atoms with Gasteiger partial charge in [0.25, 0.3) is 0 Å². The summed E-state index contributed by atoms with van der Waals surface area (Å²) >= 11 is 0. The van der Waals surface area contributed by atoms with Crippen molar-refractivity contribution in [3.63, 3.8) is 0 Å². The smallest absolute Gasteiger partial charge is 0.506 e. The molecule has 1 aromatic carbocycles. The number of benzene rings is 1. The maximum Gasteiger partial charge on any atom is 0.573 e. The number of pyridine rings is 1. The molecule has 0 spiro atoms. The van der Waals surface area contributed by atoms with Crippen LogP contribution in [0.4, 0.5) is 13.2 Å². The molecule has 0 atom stereocenters. The minimum Gasteiger partial charge on any atom is -0.506 e. The standard InChI is InChI=1S/C17H14F3NO3/c1-16(2)9-12(15-13(22)4-3-7-21-15)11-8-10(23-17(18,19)20)5-6-14(11)24-16/h3-9,22H,1-2H3. The summed E-state index contributed by atoms with van der Waals surface area (Å²) < 4.78 is 47.1. The fourth-order valence-electron chi connectivity index (χ4n) is 2.54. The molecule has 126 valence electrons. The SMILES string of the molecule is CC1(C)C=C(c2ncccc2O)c2cc(OC(F)(F)F)ccc2O1. The van der Waals surface area contributed by atoms with Crippen molar-refractivity contribution < 1.29 is 27.8 Å². The number of alkyl halides is 3. The first-order chi connectivity index (χ1) is 11.1. The summed E-state index contributed by atoms with van der Waals surface area (Å²) in [6.07, 6.45) is -1.59. The molecule has 0 saturated carbocycles. The molecule has 1 aliphatic rings. The van der Waals surface area contributed by atoms with Crippen LogP contribution in [-0.4, -0.2) is 22.1 Å². The highest BCUT2D eigenvalue weighted by atomic mass is 19.4. The molecule has 24 heavy (non-hydrogen) atoms. The van der Waals surface area contributed by atoms with E-state index < -0.39 is 12.0 Å². The van der Waals surface area contributed by atoms with Gasteiger partial charge in [0.2, 0.25) is 0 Å². The van der Waals surface area contributed by atoms with Gasteiger partial charge in [0.1, 0.15) is 28.5 Å². The molecule has 2 aromatic rings. The third kappa shape index (κ3) is 3.29. The van der Waals surface area contributed by atoms with Gasteiger partial charge in [-0.1, -0.05) is 0 Å². The van der Waals surface area contributed by atoms with Crippen molar-refractivity contribution >= 4 is 5.57 Å². The van der Waals surface area contributed by atoms with E-state index in [2.05, 4.69) is 9.72 Å². The van der Waals surface area contributed by atoms with E-state index in [1.54, 1.807) is 26.0 Å². The second-order valence-corrected chi connectivity index (χ2v) is 5.84. The zero-order valence-electron chi connectivity index (χ0n) is 12.9. The van der Waals surface area contributed by atoms with Crippen molar-refractivity contribution in [2.45, 2.75) is 25.8 Å². The number of aromatic nitrogens is 1. The van der Waals surface area contributed by atoms with Crippen LogP contribution in [0.3, 0.4) is 0 Å². The van der Waals surface area contributed by atoms with Gasteiger partial charge in [0, 0.05) is 17.3 Å². The number of aromatic hydroxyl groups is 1. The second-order valence-electron chi connectivity index (χ2n) is 5.84. The number of ether oxygens (including phenoxy) is 2. The first kappa shape index (κ1) is 16.2. The molecule has 2 heterocycles. The van der Waals surface area contributed by atoms with Gasteiger partial charge in [-0.3, -0.25) is 4.98 Å². The molecular formula is C17H14F3NO3. The lowest BCUT2D eigenvalue weighted by molar-refractivity contribution is -0.274. The molecular weight excluding hydrogens is 323 g/mol. The van der Waals surface area contributed by atoms with Crippen molar-refractivity contribution in [3.8, 4) is 17.2 Å². The van der Waals surface area contributed by atoms with Crippen LogP contribution in [0.25, 0.3) is 5.57 Å². The summed E-state index contributed by atoms with van der Waals surface area (Å²) in [4.78, 5) is 4.13. The Balaban J connectivity index is 2.14. The average Bonchev–Trinajstić information content (AvgIpc) is 2.45. The maximum absolute atomic E-state index is 12.5. The number of hydrogen-bond donors (Lipinski definition) is 1. The van der Waals surface area contributed by atoms with Crippen LogP contribution >= 0.6 is 0 Å². The zero-order chi connectivity index (χ0) is 17.5. The Morgan fingerprint density at radius 1 is 1.21 bits per heavy atom. The van der Waals surface area contributed by atoms with E-state index in [1.165, 1.54) is 30.5 Å². The lowest BCUT2D eigenvalue weighted by atomic mass is 9.92. The number of rotatable bonds is 2. The van der Waals surface area contributed by atoms with Crippen molar-refractivity contribution in [1.82, 2.24) is 4.98 Å². The van der Waals surface area contributed by atoms with E-state index in [9.17, 15) is 18.3 Å². The zero-order valence-corrected chi connectivity index (χ0v) is 12.9. The van der Waals surface area contributed by atoms with Crippen molar-refractivity contribution in [2.75, 3.05) is 0 Å². The summed E-state index contributed by atoms with van der Waals surface area (Å²) in [7, 11) is 0. The molecule has 0 saturated heterocycles. The molecule has 0 unspecified atom stereocenters. The third-order valence-electron chi connectivity index (χ3n) is 3.38. The maximum atomic E-state index is 12.5. The van der Waals surface area contributed by atoms with Crippen molar-refractivity contribution in [1.29, 1.82) is 0 Å². The van der Waals surface area contributed by atoms with Crippen LogP contribution < -0.4 is 9.47 Å². The molecule has 3 rings (SSSR count). The third-order valence-corrected chi connectivity index (χ3v) is 3.38. The van der Waals surface area contributed by atoms with Crippen LogP contribution in [0, 0.1) is 0 Å². The van der Waals surface area contributed by atoms with Crippen LogP contribution in [0.5, 0.6) is 17.2 Å². The molecule has 0 amide bonds. The van der Waals surface area contributed by atoms with Gasteiger partial charge in [0.15, 0.2) is 0 Å². The van der Waals surface area contributed by atoms with Gasteiger partial charge in [-0.2, -0.15) is 0 Å². The first-order valence-electron chi connectivity index (χ1n) is 7.11. The molecule has 1 N–H and O–H groups in total. The highest BCUT2D eigenvalue weighted by molar-refractivity contribution is 5.85. The van der Waals surface area contributed by atoms with E-state index in [1.807, 2.05) is 0 Å². The second kappa shape index (κ2) is 5.43. The number of nitrogens with zero attached hydrogens (tertiary/aromatic N) is 1. The Morgan fingerprint density at radius 3 is 2.62 bits per heavy atom. The van der Waals surface area contributed by atoms with Gasteiger partial charge in [0.05, 0.1) is 0 Å². The van der Waals surface area contributed by atoms with Crippen LogP contribution in [0.2, 0.25) is 0 Å². The minimum absolute atomic E-state index is 0.0745. The van der Waals surface area contributed by atoms with Crippen molar-refractivity contribution in [2.24, 2.45) is 0 Å². The highest BCUT2D eigenvalue weighted by Crippen LogP contribution is 2.42. The van der Waals surface area contributed by atoms with Crippen LogP contribution in [0.1, 0.15) is 25.1 Å². The normalized spacial score (nSPS) is 16.0. The topological polar surface area (TPSA) is 51.6 Å². The number of halogens is 3. The van der Waals surface area contributed by atoms with Gasteiger partial charge >= 0.3 is 6.36 Å². The lowest BCUT2D eigenvalue weighted by Crippen LogP contribution is -2.29. The van der Waals surface area contributed by atoms with E-state index in [0.717, 1.165) is 0 Å². The summed E-state index contributed by atoms with van der Waals surface area (Å²) in [6, 6.07) is 6.84. The lowest BCUT2D eigenvalue weighted by Gasteiger charge is -2.31. The Bertz CT molecular complexity index is 813. The summed E-state index contributed by atoms with van der Waals surface area (Å²) in [5.74, 6) is -0.0579. The fraction of sp³-hybridized carbons (Fsp3) is 0.235. The molecule has 7 heteroatoms. The largest absolute Gasteiger partial charge is 0.573 e. The molecule has 0 fully saturated rings. The number of fused-ring (bicyclic) bond motifs is 1. The Morgan fingerprint density at radius 2 is 1.96 bits per heavy atom. The Labute approximate surface area is 136 Å². The number of hydrogen-bond acceptors (Lipinski definition) is 4. The van der Waals surface area contributed by atoms with Gasteiger partial charge in [-0.25, -0.2) is 0 Å². The summed E-state index contributed by atoms with van der Waals surface area (Å²) in [5, 5.41) is 10.1. The molecule has 4 nitrogen and oxygen atoms in total. The fourth-order valence-corrected chi connectivity index (χ4v) is 2.54. The molecule has 0 bridgehead atoms. The predicted octanol–water partition coefficient (Wildman–Crippen LogP) is 4.29. The van der Waals surface area contributed by atoms with Crippen LogP contribution in [0.15, 0.2) is 42.6 Å². The van der Waals surface area contributed by atoms with Gasteiger partial charge in [-0.15, -0.1) is 13.2 Å². The highest BCUT2D eigenvalue weighted by Gasteiger charge is 2.33. The minimum atomic E-state index is -4.79. The predicted molar refractivity (Wildman–Crippen MR) is 80.8 cm³/mol. The summed E-state index contributed by atoms with van der Waals surface area (Å²) in [6.45, 7) is 3.60. The van der Waals surface area contributed by atoms with Gasteiger partial charge < -0.3 is 14.6 Å². The Kier molecular flexibility index (Phi) is 3.66. The summed E-state index contributed by atoms with van der Waals surface area (Å²) in [5.41, 5.74) is 0.398. The van der Waals surface area contributed by atoms with Crippen molar-refractivity contribution in [3.05, 3.63) is 53.9 Å². The quantitative estimate of drug-likeness (QED) is 0.888. The molecule has 0 radical (unpaired) electrons. The van der Waals surface area contributed by atoms with E-state index in [0.29, 0.717) is 16.9 Å². The molecule has 1 aliphatic heterocycles. The van der Waals surface area contributed by atoms with E-state index in [-0.39, 0.29) is 17.2 Å². The molecule has 0 aliphatic carbocycles. The van der Waals surface area contributed by atoms with E-state index >= 15 is 0 Å². The molecule has 1 aromatic heterocycles.